The van der Waals surface area contributed by atoms with Crippen molar-refractivity contribution >= 4 is 45.3 Å². The van der Waals surface area contributed by atoms with Gasteiger partial charge in [-0.15, -0.1) is 11.3 Å². The van der Waals surface area contributed by atoms with Crippen LogP contribution in [0.3, 0.4) is 0 Å². The van der Waals surface area contributed by atoms with Gasteiger partial charge in [0.15, 0.2) is 5.78 Å². The van der Waals surface area contributed by atoms with Crippen LogP contribution in [0.15, 0.2) is 22.0 Å². The van der Waals surface area contributed by atoms with Crippen LogP contribution in [-0.4, -0.2) is 12.3 Å². The number of carbonyl (C=O) groups excluding carboxylic acids is 1. The summed E-state index contributed by atoms with van der Waals surface area (Å²) in [6, 6.07) is 1.79. The maximum atomic E-state index is 11.1. The molecule has 0 radical (unpaired) electrons. The number of Topliss-reactive ketones (excluding diaryl/α,β-unsaturated/α-hetero) is 1. The molecular weight excluding hydrogens is 241 g/mol. The van der Waals surface area contributed by atoms with Crippen LogP contribution in [0.4, 0.5) is 5.00 Å². The lowest BCUT2D eigenvalue weighted by Crippen LogP contribution is -2.03. The van der Waals surface area contributed by atoms with E-state index in [1.807, 2.05) is 5.38 Å². The molecule has 0 fully saturated rings. The van der Waals surface area contributed by atoms with E-state index in [1.54, 1.807) is 6.07 Å². The number of hydrogen-bond acceptors (Lipinski definition) is 3. The van der Waals surface area contributed by atoms with Gasteiger partial charge in [-0.25, -0.2) is 0 Å². The van der Waals surface area contributed by atoms with Crippen LogP contribution in [0.1, 0.15) is 17.3 Å². The number of rotatable bonds is 4. The molecular formula is C9H9Cl2NOS. The van der Waals surface area contributed by atoms with Crippen molar-refractivity contribution < 1.29 is 4.79 Å². The number of anilines is 1. The fraction of sp³-hybridized carbons (Fsp3) is 0.222. The molecule has 0 aliphatic heterocycles. The Hall–Kier alpha value is -0.510. The van der Waals surface area contributed by atoms with Crippen molar-refractivity contribution in [2.75, 3.05) is 11.9 Å². The van der Waals surface area contributed by atoms with Crippen molar-refractivity contribution in [3.63, 3.8) is 0 Å². The normalized spacial score (nSPS) is 11.5. The first-order valence-corrected chi connectivity index (χ1v) is 5.61. The van der Waals surface area contributed by atoms with Crippen LogP contribution in [0, 0.1) is 0 Å². The van der Waals surface area contributed by atoms with Crippen LogP contribution in [-0.2, 0) is 0 Å². The van der Waals surface area contributed by atoms with E-state index in [-0.39, 0.29) is 5.78 Å². The molecule has 1 heterocycles. The Morgan fingerprint density at radius 2 is 2.43 bits per heavy atom. The minimum atomic E-state index is 0.0414. The highest BCUT2D eigenvalue weighted by Crippen LogP contribution is 2.24. The third-order valence-electron chi connectivity index (χ3n) is 1.58. The molecule has 0 amide bonds. The standard InChI is InChI=1S/C9H9Cl2NOS/c1-6(13)8-2-3-14-9(8)12-5-7(11)4-10/h2-4,12H,5H2,1H3/b7-4-. The summed E-state index contributed by atoms with van der Waals surface area (Å²) in [4.78, 5) is 11.1. The number of hydrogen-bond donors (Lipinski definition) is 1. The zero-order valence-electron chi connectivity index (χ0n) is 7.51. The molecule has 0 aliphatic carbocycles. The molecule has 76 valence electrons. The second-order valence-corrected chi connectivity index (χ2v) is 4.25. The van der Waals surface area contributed by atoms with E-state index >= 15 is 0 Å². The molecule has 0 bridgehead atoms. The van der Waals surface area contributed by atoms with Crippen molar-refractivity contribution in [3.8, 4) is 0 Å². The van der Waals surface area contributed by atoms with Gasteiger partial charge in [0.2, 0.25) is 0 Å². The molecule has 0 saturated heterocycles. The van der Waals surface area contributed by atoms with Crippen LogP contribution in [0.5, 0.6) is 0 Å². The Bertz CT molecular complexity index is 359. The molecule has 0 saturated carbocycles. The lowest BCUT2D eigenvalue weighted by Gasteiger charge is -2.03. The highest BCUT2D eigenvalue weighted by molar-refractivity contribution is 7.14. The van der Waals surface area contributed by atoms with Gasteiger partial charge < -0.3 is 5.32 Å². The first kappa shape index (κ1) is 11.6. The SMILES string of the molecule is CC(=O)c1ccsc1NC/C(Cl)=C/Cl. The van der Waals surface area contributed by atoms with Crippen LogP contribution in [0.2, 0.25) is 0 Å². The Balaban J connectivity index is 2.67. The van der Waals surface area contributed by atoms with E-state index in [1.165, 1.54) is 23.8 Å². The third kappa shape index (κ3) is 3.01. The second-order valence-electron chi connectivity index (χ2n) is 2.63. The average molecular weight is 250 g/mol. The van der Waals surface area contributed by atoms with Crippen molar-refractivity contribution in [2.24, 2.45) is 0 Å². The lowest BCUT2D eigenvalue weighted by atomic mass is 10.2. The van der Waals surface area contributed by atoms with Gasteiger partial charge >= 0.3 is 0 Å². The van der Waals surface area contributed by atoms with Gasteiger partial charge in [-0.2, -0.15) is 0 Å². The molecule has 0 aromatic carbocycles. The van der Waals surface area contributed by atoms with E-state index in [2.05, 4.69) is 5.32 Å². The van der Waals surface area contributed by atoms with Crippen molar-refractivity contribution in [1.29, 1.82) is 0 Å². The summed E-state index contributed by atoms with van der Waals surface area (Å²) in [5.41, 5.74) is 1.99. The maximum Gasteiger partial charge on any atom is 0.162 e. The summed E-state index contributed by atoms with van der Waals surface area (Å²) in [6.45, 7) is 1.97. The van der Waals surface area contributed by atoms with E-state index < -0.39 is 0 Å². The summed E-state index contributed by atoms with van der Waals surface area (Å²) >= 11 is 12.6. The van der Waals surface area contributed by atoms with E-state index in [4.69, 9.17) is 23.2 Å². The van der Waals surface area contributed by atoms with Gasteiger partial charge in [-0.05, 0) is 18.4 Å². The molecule has 0 aliphatic rings. The zero-order chi connectivity index (χ0) is 10.6. The predicted molar refractivity (Wildman–Crippen MR) is 62.6 cm³/mol. The largest absolute Gasteiger partial charge is 0.371 e. The molecule has 5 heteroatoms. The van der Waals surface area contributed by atoms with Crippen LogP contribution in [0.25, 0.3) is 0 Å². The minimum absolute atomic E-state index is 0.0414. The summed E-state index contributed by atoms with van der Waals surface area (Å²) in [5.74, 6) is 0.0414. The predicted octanol–water partition coefficient (Wildman–Crippen LogP) is 3.68. The third-order valence-corrected chi connectivity index (χ3v) is 3.07. The minimum Gasteiger partial charge on any atom is -0.371 e. The van der Waals surface area contributed by atoms with E-state index in [9.17, 15) is 4.79 Å². The van der Waals surface area contributed by atoms with Crippen LogP contribution < -0.4 is 5.32 Å². The molecule has 1 aromatic rings. The smallest absolute Gasteiger partial charge is 0.162 e. The van der Waals surface area contributed by atoms with Gasteiger partial charge in [0, 0.05) is 10.6 Å². The summed E-state index contributed by atoms with van der Waals surface area (Å²) in [5, 5.41) is 6.23. The monoisotopic (exact) mass is 249 g/mol. The zero-order valence-corrected chi connectivity index (χ0v) is 9.84. The van der Waals surface area contributed by atoms with Crippen molar-refractivity contribution in [3.05, 3.63) is 27.6 Å². The fourth-order valence-electron chi connectivity index (χ4n) is 0.927. The lowest BCUT2D eigenvalue weighted by molar-refractivity contribution is 0.101. The maximum absolute atomic E-state index is 11.1. The van der Waals surface area contributed by atoms with Crippen molar-refractivity contribution in [1.82, 2.24) is 0 Å². The molecule has 1 aromatic heterocycles. The van der Waals surface area contributed by atoms with Crippen molar-refractivity contribution in [2.45, 2.75) is 6.92 Å². The molecule has 0 spiro atoms. The molecule has 14 heavy (non-hydrogen) atoms. The molecule has 1 N–H and O–H groups in total. The number of nitrogens with one attached hydrogen (secondary N) is 1. The number of thiophene rings is 1. The Kier molecular flexibility index (Phi) is 4.45. The molecule has 1 rings (SSSR count). The summed E-state index contributed by atoms with van der Waals surface area (Å²) in [6.07, 6.45) is 0. The number of ketones is 1. The Morgan fingerprint density at radius 1 is 1.71 bits per heavy atom. The van der Waals surface area contributed by atoms with Gasteiger partial charge in [-0.1, -0.05) is 23.2 Å². The highest BCUT2D eigenvalue weighted by Gasteiger charge is 2.07. The van der Waals surface area contributed by atoms with Gasteiger partial charge in [-0.3, -0.25) is 4.79 Å². The number of carbonyl (C=O) groups is 1. The fourth-order valence-corrected chi connectivity index (χ4v) is 1.91. The summed E-state index contributed by atoms with van der Waals surface area (Å²) < 4.78 is 0. The quantitative estimate of drug-likeness (QED) is 0.826. The second kappa shape index (κ2) is 5.39. The average Bonchev–Trinajstić information content (AvgIpc) is 2.62. The van der Waals surface area contributed by atoms with Crippen LogP contribution >= 0.6 is 34.5 Å². The van der Waals surface area contributed by atoms with Gasteiger partial charge in [0.25, 0.3) is 0 Å². The summed E-state index contributed by atoms with van der Waals surface area (Å²) in [7, 11) is 0. The topological polar surface area (TPSA) is 29.1 Å². The Morgan fingerprint density at radius 3 is 3.00 bits per heavy atom. The molecule has 0 atom stereocenters. The van der Waals surface area contributed by atoms with E-state index in [0.717, 1.165) is 5.00 Å². The Labute approximate surface area is 96.5 Å². The first-order valence-electron chi connectivity index (χ1n) is 3.92. The van der Waals surface area contributed by atoms with Gasteiger partial charge in [0.05, 0.1) is 17.1 Å². The molecule has 0 unspecified atom stereocenters. The molecule has 2 nitrogen and oxygen atoms in total. The highest BCUT2D eigenvalue weighted by atomic mass is 35.5. The van der Waals surface area contributed by atoms with Gasteiger partial charge in [0.1, 0.15) is 0 Å². The van der Waals surface area contributed by atoms with E-state index in [0.29, 0.717) is 17.1 Å². The number of halogens is 2. The first-order chi connectivity index (χ1) is 6.65.